The number of nitrogens with zero attached hydrogens (tertiary/aromatic N) is 3. The molecule has 1 aromatic heterocycles. The third kappa shape index (κ3) is 4.04. The van der Waals surface area contributed by atoms with Crippen LogP contribution < -0.4 is 10.1 Å². The van der Waals surface area contributed by atoms with Crippen molar-refractivity contribution in [3.8, 4) is 5.88 Å². The standard InChI is InChI=1S/C12H20N4O3/c1-5-6-19-12-10(16(17)18)11(13-4)14-9(15-12)7-8(2)3/h8H,5-7H2,1-4H3,(H,13,14,15). The molecule has 0 amide bonds. The molecule has 1 aromatic rings. The summed E-state index contributed by atoms with van der Waals surface area (Å²) < 4.78 is 5.38. The minimum Gasteiger partial charge on any atom is -0.473 e. The van der Waals surface area contributed by atoms with E-state index in [-0.39, 0.29) is 17.4 Å². The Balaban J connectivity index is 3.23. The van der Waals surface area contributed by atoms with Crippen LogP contribution in [-0.4, -0.2) is 28.5 Å². The van der Waals surface area contributed by atoms with Gasteiger partial charge in [-0.05, 0) is 12.3 Å². The number of nitrogens with one attached hydrogen (secondary N) is 1. The van der Waals surface area contributed by atoms with Crippen LogP contribution in [0.25, 0.3) is 0 Å². The molecule has 19 heavy (non-hydrogen) atoms. The van der Waals surface area contributed by atoms with Crippen LogP contribution in [0.2, 0.25) is 0 Å². The van der Waals surface area contributed by atoms with Gasteiger partial charge in [0.15, 0.2) is 0 Å². The molecule has 7 heteroatoms. The van der Waals surface area contributed by atoms with Crippen molar-refractivity contribution in [2.75, 3.05) is 19.0 Å². The number of anilines is 1. The highest BCUT2D eigenvalue weighted by atomic mass is 16.6. The summed E-state index contributed by atoms with van der Waals surface area (Å²) in [6.07, 6.45) is 1.41. The highest BCUT2D eigenvalue weighted by molar-refractivity contribution is 5.61. The van der Waals surface area contributed by atoms with Crippen LogP contribution in [0, 0.1) is 16.0 Å². The Bertz CT molecular complexity index is 449. The van der Waals surface area contributed by atoms with Crippen molar-refractivity contribution in [1.29, 1.82) is 0 Å². The van der Waals surface area contributed by atoms with Crippen LogP contribution in [0.1, 0.15) is 33.0 Å². The lowest BCUT2D eigenvalue weighted by Crippen LogP contribution is -2.10. The van der Waals surface area contributed by atoms with Gasteiger partial charge in [-0.3, -0.25) is 10.1 Å². The molecule has 0 fully saturated rings. The average molecular weight is 268 g/mol. The second-order valence-electron chi connectivity index (χ2n) is 4.60. The maximum Gasteiger partial charge on any atom is 0.372 e. The van der Waals surface area contributed by atoms with Crippen LogP contribution >= 0.6 is 0 Å². The van der Waals surface area contributed by atoms with E-state index in [1.54, 1.807) is 7.05 Å². The molecule has 0 aliphatic rings. The van der Waals surface area contributed by atoms with Gasteiger partial charge in [-0.2, -0.15) is 4.98 Å². The number of aromatic nitrogens is 2. The minimum absolute atomic E-state index is 0.0434. The van der Waals surface area contributed by atoms with E-state index in [1.165, 1.54) is 0 Å². The van der Waals surface area contributed by atoms with Crippen molar-refractivity contribution in [2.45, 2.75) is 33.6 Å². The lowest BCUT2D eigenvalue weighted by Gasteiger charge is -2.10. The van der Waals surface area contributed by atoms with E-state index in [2.05, 4.69) is 15.3 Å². The highest BCUT2D eigenvalue weighted by Crippen LogP contribution is 2.32. The maximum atomic E-state index is 11.1. The van der Waals surface area contributed by atoms with Gasteiger partial charge < -0.3 is 10.1 Å². The lowest BCUT2D eigenvalue weighted by atomic mass is 10.1. The largest absolute Gasteiger partial charge is 0.473 e. The SMILES string of the molecule is CCCOc1nc(CC(C)C)nc(NC)c1[N+](=O)[O-]. The first-order chi connectivity index (χ1) is 8.99. The monoisotopic (exact) mass is 268 g/mol. The fraction of sp³-hybridized carbons (Fsp3) is 0.667. The first-order valence-electron chi connectivity index (χ1n) is 6.35. The summed E-state index contributed by atoms with van der Waals surface area (Å²) in [5.41, 5.74) is -0.205. The molecule has 0 atom stereocenters. The van der Waals surface area contributed by atoms with Crippen LogP contribution in [0.3, 0.4) is 0 Å². The first-order valence-corrected chi connectivity index (χ1v) is 6.35. The summed E-state index contributed by atoms with van der Waals surface area (Å²) in [5, 5.41) is 13.8. The third-order valence-corrected chi connectivity index (χ3v) is 2.35. The average Bonchev–Trinajstić information content (AvgIpc) is 2.34. The van der Waals surface area contributed by atoms with Crippen molar-refractivity contribution < 1.29 is 9.66 Å². The van der Waals surface area contributed by atoms with Crippen LogP contribution in [-0.2, 0) is 6.42 Å². The fourth-order valence-electron chi connectivity index (χ4n) is 1.57. The van der Waals surface area contributed by atoms with E-state index >= 15 is 0 Å². The molecule has 0 unspecified atom stereocenters. The molecular weight excluding hydrogens is 248 g/mol. The predicted octanol–water partition coefficient (Wildman–Crippen LogP) is 2.41. The predicted molar refractivity (Wildman–Crippen MR) is 72.6 cm³/mol. The lowest BCUT2D eigenvalue weighted by molar-refractivity contribution is -0.385. The summed E-state index contributed by atoms with van der Waals surface area (Å²) >= 11 is 0. The topological polar surface area (TPSA) is 90.2 Å². The number of rotatable bonds is 7. The summed E-state index contributed by atoms with van der Waals surface area (Å²) in [7, 11) is 1.60. The number of hydrogen-bond acceptors (Lipinski definition) is 6. The molecule has 0 radical (unpaired) electrons. The molecule has 0 aromatic carbocycles. The molecule has 106 valence electrons. The van der Waals surface area contributed by atoms with E-state index in [0.29, 0.717) is 24.8 Å². The van der Waals surface area contributed by atoms with E-state index in [9.17, 15) is 10.1 Å². The summed E-state index contributed by atoms with van der Waals surface area (Å²) in [6.45, 7) is 6.40. The number of ether oxygens (including phenoxy) is 1. The van der Waals surface area contributed by atoms with Gasteiger partial charge >= 0.3 is 5.69 Å². The Morgan fingerprint density at radius 3 is 2.58 bits per heavy atom. The van der Waals surface area contributed by atoms with Gasteiger partial charge in [-0.15, -0.1) is 0 Å². The van der Waals surface area contributed by atoms with Crippen molar-refractivity contribution >= 4 is 11.5 Å². The van der Waals surface area contributed by atoms with Crippen LogP contribution in [0.4, 0.5) is 11.5 Å². The number of hydrogen-bond donors (Lipinski definition) is 1. The fourth-order valence-corrected chi connectivity index (χ4v) is 1.57. The number of nitro groups is 1. The van der Waals surface area contributed by atoms with Crippen molar-refractivity contribution in [3.05, 3.63) is 15.9 Å². The molecular formula is C12H20N4O3. The van der Waals surface area contributed by atoms with E-state index in [0.717, 1.165) is 6.42 Å². The molecule has 1 rings (SSSR count). The van der Waals surface area contributed by atoms with E-state index < -0.39 is 4.92 Å². The van der Waals surface area contributed by atoms with Gasteiger partial charge in [-0.1, -0.05) is 20.8 Å². The van der Waals surface area contributed by atoms with Crippen molar-refractivity contribution in [3.63, 3.8) is 0 Å². The Hall–Kier alpha value is -1.92. The van der Waals surface area contributed by atoms with Gasteiger partial charge in [0, 0.05) is 13.5 Å². The van der Waals surface area contributed by atoms with Crippen LogP contribution in [0.15, 0.2) is 0 Å². The van der Waals surface area contributed by atoms with Gasteiger partial charge in [0.1, 0.15) is 5.82 Å². The summed E-state index contributed by atoms with van der Waals surface area (Å²) in [6, 6.07) is 0. The van der Waals surface area contributed by atoms with Gasteiger partial charge in [0.25, 0.3) is 5.88 Å². The highest BCUT2D eigenvalue weighted by Gasteiger charge is 2.25. The van der Waals surface area contributed by atoms with Crippen molar-refractivity contribution in [2.24, 2.45) is 5.92 Å². The van der Waals surface area contributed by atoms with E-state index in [4.69, 9.17) is 4.74 Å². The summed E-state index contributed by atoms with van der Waals surface area (Å²) in [5.74, 6) is 1.16. The molecule has 1 heterocycles. The molecule has 0 spiro atoms. The van der Waals surface area contributed by atoms with Gasteiger partial charge in [-0.25, -0.2) is 4.98 Å². The zero-order valence-electron chi connectivity index (χ0n) is 11.8. The van der Waals surface area contributed by atoms with Gasteiger partial charge in [0.2, 0.25) is 5.82 Å². The van der Waals surface area contributed by atoms with Crippen LogP contribution in [0.5, 0.6) is 5.88 Å². The zero-order chi connectivity index (χ0) is 14.4. The second kappa shape index (κ2) is 6.86. The quantitative estimate of drug-likeness (QED) is 0.603. The summed E-state index contributed by atoms with van der Waals surface area (Å²) in [4.78, 5) is 18.9. The maximum absolute atomic E-state index is 11.1. The minimum atomic E-state index is -0.518. The van der Waals surface area contributed by atoms with Gasteiger partial charge in [0.05, 0.1) is 11.5 Å². The molecule has 0 saturated heterocycles. The molecule has 0 saturated carbocycles. The smallest absolute Gasteiger partial charge is 0.372 e. The normalized spacial score (nSPS) is 10.6. The molecule has 0 aliphatic carbocycles. The first kappa shape index (κ1) is 15.1. The Labute approximate surface area is 112 Å². The molecule has 7 nitrogen and oxygen atoms in total. The Kier molecular flexibility index (Phi) is 5.47. The zero-order valence-corrected chi connectivity index (χ0v) is 11.8. The van der Waals surface area contributed by atoms with Crippen molar-refractivity contribution in [1.82, 2.24) is 9.97 Å². The molecule has 0 bridgehead atoms. The molecule has 1 N–H and O–H groups in total. The molecule has 0 aliphatic heterocycles. The van der Waals surface area contributed by atoms with E-state index in [1.807, 2.05) is 20.8 Å². The third-order valence-electron chi connectivity index (χ3n) is 2.35. The Morgan fingerprint density at radius 2 is 2.11 bits per heavy atom. The second-order valence-corrected chi connectivity index (χ2v) is 4.60. The Morgan fingerprint density at radius 1 is 1.42 bits per heavy atom.